The van der Waals surface area contributed by atoms with Crippen molar-refractivity contribution in [2.24, 2.45) is 0 Å². The van der Waals surface area contributed by atoms with E-state index >= 15 is 0 Å². The van der Waals surface area contributed by atoms with E-state index in [0.717, 1.165) is 29.8 Å². The van der Waals surface area contributed by atoms with Crippen LogP contribution in [-0.2, 0) is 6.42 Å². The number of nitrogens with zero attached hydrogens (tertiary/aromatic N) is 4. The monoisotopic (exact) mass is 245 g/mol. The second-order valence-electron chi connectivity index (χ2n) is 4.74. The lowest BCUT2D eigenvalue weighted by atomic mass is 9.96. The molecule has 1 unspecified atom stereocenters. The second kappa shape index (κ2) is 4.04. The van der Waals surface area contributed by atoms with Crippen molar-refractivity contribution in [3.05, 3.63) is 28.8 Å². The van der Waals surface area contributed by atoms with Gasteiger partial charge in [0.15, 0.2) is 11.6 Å². The molecule has 0 aliphatic heterocycles. The van der Waals surface area contributed by atoms with E-state index in [1.807, 2.05) is 19.9 Å². The molecule has 0 aromatic carbocycles. The Balaban J connectivity index is 2.10. The summed E-state index contributed by atoms with van der Waals surface area (Å²) in [7, 11) is 0. The number of ketones is 1. The number of aromatic nitrogens is 5. The number of carbonyl (C=O) groups is 1. The van der Waals surface area contributed by atoms with E-state index in [0.29, 0.717) is 12.2 Å². The number of tetrazole rings is 1. The van der Waals surface area contributed by atoms with Gasteiger partial charge >= 0.3 is 0 Å². The average molecular weight is 245 g/mol. The molecule has 1 aliphatic rings. The lowest BCUT2D eigenvalue weighted by molar-refractivity contribution is 0.0971. The van der Waals surface area contributed by atoms with Gasteiger partial charge in [-0.25, -0.2) is 0 Å². The van der Waals surface area contributed by atoms with Crippen LogP contribution in [0.15, 0.2) is 6.07 Å². The summed E-state index contributed by atoms with van der Waals surface area (Å²) >= 11 is 0. The molecular weight excluding hydrogens is 230 g/mol. The summed E-state index contributed by atoms with van der Waals surface area (Å²) < 4.78 is 2.15. The fourth-order valence-corrected chi connectivity index (χ4v) is 2.75. The summed E-state index contributed by atoms with van der Waals surface area (Å²) in [6.45, 7) is 4.04. The number of fused-ring (bicyclic) bond motifs is 1. The zero-order valence-corrected chi connectivity index (χ0v) is 10.5. The zero-order valence-electron chi connectivity index (χ0n) is 10.5. The molecule has 6 nitrogen and oxygen atoms in total. The standard InChI is InChI=1S/C12H15N5O/c1-7-6-9-10(4-3-5-11(9)18)17(7)8(2)12-13-15-16-14-12/h6,8H,3-5H2,1-2H3,(H,13,14,15,16). The van der Waals surface area contributed by atoms with Crippen LogP contribution >= 0.6 is 0 Å². The van der Waals surface area contributed by atoms with Gasteiger partial charge in [0.25, 0.3) is 0 Å². The van der Waals surface area contributed by atoms with Crippen molar-refractivity contribution in [1.82, 2.24) is 25.2 Å². The van der Waals surface area contributed by atoms with Crippen LogP contribution in [0, 0.1) is 6.92 Å². The number of H-pyrrole nitrogens is 1. The highest BCUT2D eigenvalue weighted by atomic mass is 16.1. The molecular formula is C12H15N5O. The molecule has 1 atom stereocenters. The SMILES string of the molecule is Cc1cc2c(n1C(C)c1nn[nH]n1)CCCC2=O. The minimum atomic E-state index is -0.00148. The van der Waals surface area contributed by atoms with Gasteiger partial charge in [0.05, 0.1) is 6.04 Å². The lowest BCUT2D eigenvalue weighted by Gasteiger charge is -2.19. The molecule has 1 aliphatic carbocycles. The first-order valence-electron chi connectivity index (χ1n) is 6.15. The van der Waals surface area contributed by atoms with Crippen molar-refractivity contribution in [2.75, 3.05) is 0 Å². The molecule has 0 saturated heterocycles. The van der Waals surface area contributed by atoms with Crippen LogP contribution in [0.1, 0.15) is 53.4 Å². The highest BCUT2D eigenvalue weighted by Crippen LogP contribution is 2.29. The minimum Gasteiger partial charge on any atom is -0.338 e. The van der Waals surface area contributed by atoms with Crippen molar-refractivity contribution in [3.8, 4) is 0 Å². The highest BCUT2D eigenvalue weighted by molar-refractivity contribution is 5.98. The number of hydrogen-bond donors (Lipinski definition) is 1. The molecule has 2 aromatic rings. The number of rotatable bonds is 2. The van der Waals surface area contributed by atoms with Crippen LogP contribution in [0.3, 0.4) is 0 Å². The summed E-state index contributed by atoms with van der Waals surface area (Å²) in [6.07, 6.45) is 2.53. The highest BCUT2D eigenvalue weighted by Gasteiger charge is 2.26. The predicted octanol–water partition coefficient (Wildman–Crippen LogP) is 1.44. The maximum absolute atomic E-state index is 11.9. The molecule has 6 heteroatoms. The van der Waals surface area contributed by atoms with E-state index in [4.69, 9.17) is 0 Å². The maximum atomic E-state index is 11.9. The van der Waals surface area contributed by atoms with Crippen LogP contribution in [0.2, 0.25) is 0 Å². The van der Waals surface area contributed by atoms with Crippen LogP contribution in [0.4, 0.5) is 0 Å². The number of carbonyl (C=O) groups excluding carboxylic acids is 1. The van der Waals surface area contributed by atoms with Crippen LogP contribution < -0.4 is 0 Å². The van der Waals surface area contributed by atoms with Gasteiger partial charge in [-0.1, -0.05) is 5.21 Å². The predicted molar refractivity (Wildman–Crippen MR) is 64.4 cm³/mol. The molecule has 1 N–H and O–H groups in total. The third kappa shape index (κ3) is 1.56. The maximum Gasteiger partial charge on any atom is 0.196 e. The van der Waals surface area contributed by atoms with Crippen molar-refractivity contribution in [1.29, 1.82) is 0 Å². The summed E-state index contributed by atoms with van der Waals surface area (Å²) in [5, 5.41) is 14.1. The average Bonchev–Trinajstić information content (AvgIpc) is 2.96. The number of nitrogens with one attached hydrogen (secondary N) is 1. The first kappa shape index (κ1) is 11.1. The fraction of sp³-hybridized carbons (Fsp3) is 0.500. The van der Waals surface area contributed by atoms with E-state index in [2.05, 4.69) is 25.2 Å². The molecule has 2 heterocycles. The van der Waals surface area contributed by atoms with Crippen LogP contribution in [0.25, 0.3) is 0 Å². The minimum absolute atomic E-state index is 0.00148. The molecule has 3 rings (SSSR count). The normalized spacial score (nSPS) is 16.7. The van der Waals surface area contributed by atoms with Gasteiger partial charge in [-0.2, -0.15) is 5.21 Å². The van der Waals surface area contributed by atoms with Gasteiger partial charge in [0.2, 0.25) is 0 Å². The zero-order chi connectivity index (χ0) is 12.7. The van der Waals surface area contributed by atoms with E-state index in [9.17, 15) is 4.79 Å². The van der Waals surface area contributed by atoms with E-state index in [1.54, 1.807) is 0 Å². The van der Waals surface area contributed by atoms with Crippen molar-refractivity contribution < 1.29 is 4.79 Å². The largest absolute Gasteiger partial charge is 0.338 e. The second-order valence-corrected chi connectivity index (χ2v) is 4.74. The van der Waals surface area contributed by atoms with Gasteiger partial charge in [0.1, 0.15) is 0 Å². The first-order chi connectivity index (χ1) is 8.68. The van der Waals surface area contributed by atoms with Gasteiger partial charge < -0.3 is 4.57 Å². The third-order valence-corrected chi connectivity index (χ3v) is 3.58. The number of Topliss-reactive ketones (excluding diaryl/α,β-unsaturated/α-hetero) is 1. The molecule has 0 bridgehead atoms. The quantitative estimate of drug-likeness (QED) is 0.868. The topological polar surface area (TPSA) is 76.5 Å². The van der Waals surface area contributed by atoms with E-state index in [1.165, 1.54) is 0 Å². The lowest BCUT2D eigenvalue weighted by Crippen LogP contribution is -2.17. The summed E-state index contributed by atoms with van der Waals surface area (Å²) in [6, 6.07) is 1.98. The van der Waals surface area contributed by atoms with E-state index in [-0.39, 0.29) is 11.8 Å². The third-order valence-electron chi connectivity index (χ3n) is 3.58. The summed E-state index contributed by atoms with van der Waals surface area (Å²) in [4.78, 5) is 11.9. The molecule has 0 amide bonds. The van der Waals surface area contributed by atoms with Gasteiger partial charge in [-0.05, 0) is 32.8 Å². The number of hydrogen-bond acceptors (Lipinski definition) is 4. The Morgan fingerprint density at radius 1 is 1.44 bits per heavy atom. The number of aromatic amines is 1. The van der Waals surface area contributed by atoms with Gasteiger partial charge in [-0.3, -0.25) is 4.79 Å². The Labute approximate surface area is 104 Å². The molecule has 2 aromatic heterocycles. The first-order valence-corrected chi connectivity index (χ1v) is 6.15. The molecule has 18 heavy (non-hydrogen) atoms. The molecule has 0 spiro atoms. The van der Waals surface area contributed by atoms with Crippen molar-refractivity contribution in [3.63, 3.8) is 0 Å². The Kier molecular flexibility index (Phi) is 2.50. The van der Waals surface area contributed by atoms with Crippen molar-refractivity contribution >= 4 is 5.78 Å². The Morgan fingerprint density at radius 3 is 3.00 bits per heavy atom. The van der Waals surface area contributed by atoms with Crippen molar-refractivity contribution in [2.45, 2.75) is 39.2 Å². The summed E-state index contributed by atoms with van der Waals surface area (Å²) in [5.74, 6) is 0.896. The molecule has 0 fully saturated rings. The Morgan fingerprint density at radius 2 is 2.28 bits per heavy atom. The Hall–Kier alpha value is -1.98. The Bertz CT molecular complexity index is 584. The van der Waals surface area contributed by atoms with E-state index < -0.39 is 0 Å². The molecule has 94 valence electrons. The fourth-order valence-electron chi connectivity index (χ4n) is 2.75. The van der Waals surface area contributed by atoms with Gasteiger partial charge in [-0.15, -0.1) is 10.2 Å². The van der Waals surface area contributed by atoms with Crippen LogP contribution in [-0.4, -0.2) is 31.0 Å². The number of aryl methyl sites for hydroxylation is 1. The van der Waals surface area contributed by atoms with Gasteiger partial charge in [0, 0.05) is 23.4 Å². The van der Waals surface area contributed by atoms with Crippen LogP contribution in [0.5, 0.6) is 0 Å². The summed E-state index contributed by atoms with van der Waals surface area (Å²) in [5.41, 5.74) is 3.06. The molecule has 0 saturated carbocycles. The smallest absolute Gasteiger partial charge is 0.196 e. The molecule has 0 radical (unpaired) electrons.